The van der Waals surface area contributed by atoms with E-state index in [1.807, 2.05) is 58.9 Å². The molecule has 0 radical (unpaired) electrons. The van der Waals surface area contributed by atoms with Crippen LogP contribution >= 0.6 is 0 Å². The van der Waals surface area contributed by atoms with Crippen LogP contribution in [0, 0.1) is 10.8 Å². The van der Waals surface area contributed by atoms with E-state index in [4.69, 9.17) is 9.47 Å². The van der Waals surface area contributed by atoms with Crippen molar-refractivity contribution in [3.8, 4) is 11.5 Å². The van der Waals surface area contributed by atoms with Crippen LogP contribution in [0.4, 0.5) is 5.69 Å². The van der Waals surface area contributed by atoms with Gasteiger partial charge >= 0.3 is 5.97 Å². The van der Waals surface area contributed by atoms with Gasteiger partial charge in [0.25, 0.3) is 0 Å². The summed E-state index contributed by atoms with van der Waals surface area (Å²) in [7, 11) is -3.51. The zero-order valence-corrected chi connectivity index (χ0v) is 25.6. The lowest BCUT2D eigenvalue weighted by Gasteiger charge is -2.35. The zero-order chi connectivity index (χ0) is 30.4. The molecule has 2 unspecified atom stereocenters. The molecule has 222 valence electrons. The van der Waals surface area contributed by atoms with Gasteiger partial charge in [0.05, 0.1) is 11.7 Å². The normalized spacial score (nSPS) is 14.6. The second-order valence-corrected chi connectivity index (χ2v) is 14.0. The summed E-state index contributed by atoms with van der Waals surface area (Å²) in [5.74, 6) is -0.117. The summed E-state index contributed by atoms with van der Waals surface area (Å²) in [6.07, 6.45) is 2.32. The maximum Gasteiger partial charge on any atom is 0.312 e. The van der Waals surface area contributed by atoms with Crippen LogP contribution < -0.4 is 14.8 Å². The summed E-state index contributed by atoms with van der Waals surface area (Å²) in [4.78, 5) is 26.5. The van der Waals surface area contributed by atoms with Gasteiger partial charge in [-0.25, -0.2) is 8.42 Å². The number of carbonyl (C=O) groups excluding carboxylic acids is 2. The third kappa shape index (κ3) is 10.5. The van der Waals surface area contributed by atoms with Gasteiger partial charge in [0.15, 0.2) is 6.73 Å². The Balaban J connectivity index is 2.35. The summed E-state index contributed by atoms with van der Waals surface area (Å²) >= 11 is 0. The molecule has 0 aliphatic carbocycles. The lowest BCUT2D eigenvalue weighted by molar-refractivity contribution is -0.154. The third-order valence-electron chi connectivity index (χ3n) is 6.76. The molecular weight excluding hydrogens is 532 g/mol. The smallest absolute Gasteiger partial charge is 0.312 e. The van der Waals surface area contributed by atoms with Crippen molar-refractivity contribution < 1.29 is 32.6 Å². The van der Waals surface area contributed by atoms with E-state index >= 15 is 0 Å². The highest BCUT2D eigenvalue weighted by Gasteiger charge is 2.39. The Hall–Kier alpha value is -3.11. The van der Waals surface area contributed by atoms with Gasteiger partial charge in [-0.2, -0.15) is 4.72 Å². The minimum atomic E-state index is -3.51. The number of phenols is 1. The third-order valence-corrected chi connectivity index (χ3v) is 7.40. The second-order valence-electron chi connectivity index (χ2n) is 12.2. The predicted molar refractivity (Wildman–Crippen MR) is 157 cm³/mol. The number of hydrogen-bond donors (Lipinski definition) is 3. The van der Waals surface area contributed by atoms with E-state index in [0.717, 1.165) is 11.8 Å². The largest absolute Gasteiger partial charge is 0.508 e. The Morgan fingerprint density at radius 3 is 2.00 bits per heavy atom. The monoisotopic (exact) mass is 576 g/mol. The van der Waals surface area contributed by atoms with Crippen LogP contribution in [0.2, 0.25) is 0 Å². The van der Waals surface area contributed by atoms with E-state index in [2.05, 4.69) is 10.0 Å². The fourth-order valence-corrected chi connectivity index (χ4v) is 4.61. The quantitative estimate of drug-likeness (QED) is 0.162. The lowest BCUT2D eigenvalue weighted by atomic mass is 9.70. The molecule has 2 aromatic carbocycles. The first-order valence-electron chi connectivity index (χ1n) is 13.3. The molecule has 0 saturated carbocycles. The standard InChI is InChI=1S/C30H44N2O7S/c1-9-30(7,26(34)32-23-12-14-24(33)15-13-23)19-22(21-10-16-25(17-11-21)39-28(2,3)4)18-29(5,6)27(35)38-20-31-40(8,36)37/h10-17,22,31,33H,9,18-20H2,1-8H3,(H,32,34). The van der Waals surface area contributed by atoms with Gasteiger partial charge in [0, 0.05) is 11.1 Å². The molecule has 0 aliphatic heterocycles. The van der Waals surface area contributed by atoms with E-state index in [1.165, 1.54) is 12.1 Å². The van der Waals surface area contributed by atoms with Crippen LogP contribution in [-0.2, 0) is 24.3 Å². The average molecular weight is 577 g/mol. The van der Waals surface area contributed by atoms with Crippen molar-refractivity contribution >= 4 is 27.6 Å². The Labute approximate surface area is 238 Å². The Morgan fingerprint density at radius 2 is 1.50 bits per heavy atom. The van der Waals surface area contributed by atoms with Crippen LogP contribution in [0.3, 0.4) is 0 Å². The van der Waals surface area contributed by atoms with Crippen molar-refractivity contribution in [2.75, 3.05) is 18.3 Å². The summed E-state index contributed by atoms with van der Waals surface area (Å²) in [6.45, 7) is 12.8. The SMILES string of the molecule is CCC(C)(CC(CC(C)(C)C(=O)OCNS(C)(=O)=O)c1ccc(OC(C)(C)C)cc1)C(=O)Nc1ccc(O)cc1. The molecule has 3 N–H and O–H groups in total. The van der Waals surface area contributed by atoms with Crippen molar-refractivity contribution in [1.82, 2.24) is 4.72 Å². The molecule has 2 atom stereocenters. The van der Waals surface area contributed by atoms with Crippen molar-refractivity contribution in [1.29, 1.82) is 0 Å². The van der Waals surface area contributed by atoms with E-state index in [9.17, 15) is 23.1 Å². The molecule has 2 aromatic rings. The minimum Gasteiger partial charge on any atom is -0.508 e. The fourth-order valence-electron chi connectivity index (χ4n) is 4.33. The van der Waals surface area contributed by atoms with Crippen molar-refractivity contribution in [2.45, 2.75) is 79.2 Å². The molecule has 0 fully saturated rings. The van der Waals surface area contributed by atoms with Gasteiger partial charge in [-0.1, -0.05) is 26.0 Å². The van der Waals surface area contributed by atoms with E-state index in [1.54, 1.807) is 26.0 Å². The van der Waals surface area contributed by atoms with Crippen LogP contribution in [0.15, 0.2) is 48.5 Å². The number of benzene rings is 2. The molecule has 1 amide bonds. The van der Waals surface area contributed by atoms with Gasteiger partial charge in [0.1, 0.15) is 17.1 Å². The maximum absolute atomic E-state index is 13.5. The number of rotatable bonds is 13. The van der Waals surface area contributed by atoms with Crippen LogP contribution in [-0.4, -0.2) is 44.0 Å². The van der Waals surface area contributed by atoms with Gasteiger partial charge in [-0.05, 0) is 102 Å². The molecule has 2 rings (SSSR count). The van der Waals surface area contributed by atoms with E-state index in [-0.39, 0.29) is 23.2 Å². The summed E-state index contributed by atoms with van der Waals surface area (Å²) in [5.41, 5.74) is -0.619. The molecule has 10 heteroatoms. The number of anilines is 1. The van der Waals surface area contributed by atoms with Gasteiger partial charge in [0.2, 0.25) is 15.9 Å². The van der Waals surface area contributed by atoms with E-state index < -0.39 is 33.6 Å². The number of ether oxygens (including phenoxy) is 2. The Morgan fingerprint density at radius 1 is 0.925 bits per heavy atom. The molecular formula is C30H44N2O7S. The first-order valence-corrected chi connectivity index (χ1v) is 15.2. The lowest BCUT2D eigenvalue weighted by Crippen LogP contribution is -2.37. The van der Waals surface area contributed by atoms with Crippen molar-refractivity contribution in [2.24, 2.45) is 10.8 Å². The molecule has 40 heavy (non-hydrogen) atoms. The van der Waals surface area contributed by atoms with Crippen LogP contribution in [0.25, 0.3) is 0 Å². The first-order chi connectivity index (χ1) is 18.3. The van der Waals surface area contributed by atoms with Crippen molar-refractivity contribution in [3.05, 3.63) is 54.1 Å². The first kappa shape index (κ1) is 33.1. The minimum absolute atomic E-state index is 0.107. The Bertz CT molecular complexity index is 1250. The molecule has 0 bridgehead atoms. The number of esters is 1. The van der Waals surface area contributed by atoms with Gasteiger partial charge in [-0.15, -0.1) is 0 Å². The summed E-state index contributed by atoms with van der Waals surface area (Å²) in [6, 6.07) is 14.0. The molecule has 0 aliphatic rings. The van der Waals surface area contributed by atoms with Crippen LogP contribution in [0.5, 0.6) is 11.5 Å². The highest BCUT2D eigenvalue weighted by Crippen LogP contribution is 2.43. The average Bonchev–Trinajstić information content (AvgIpc) is 2.83. The highest BCUT2D eigenvalue weighted by molar-refractivity contribution is 7.88. The van der Waals surface area contributed by atoms with Gasteiger partial charge in [-0.3, -0.25) is 9.59 Å². The zero-order valence-electron chi connectivity index (χ0n) is 24.8. The molecule has 9 nitrogen and oxygen atoms in total. The van der Waals surface area contributed by atoms with Crippen molar-refractivity contribution in [3.63, 3.8) is 0 Å². The molecule has 0 aromatic heterocycles. The highest BCUT2D eigenvalue weighted by atomic mass is 32.2. The molecule has 0 spiro atoms. The number of nitrogens with one attached hydrogen (secondary N) is 2. The predicted octanol–water partition coefficient (Wildman–Crippen LogP) is 5.56. The maximum atomic E-state index is 13.5. The van der Waals surface area contributed by atoms with Gasteiger partial charge < -0.3 is 19.9 Å². The Kier molecular flexibility index (Phi) is 10.8. The van der Waals surface area contributed by atoms with Crippen LogP contribution in [0.1, 0.15) is 79.2 Å². The number of amides is 1. The second kappa shape index (κ2) is 13.0. The number of carbonyl (C=O) groups is 2. The van der Waals surface area contributed by atoms with E-state index in [0.29, 0.717) is 30.7 Å². The summed E-state index contributed by atoms with van der Waals surface area (Å²) < 4.78 is 36.1. The summed E-state index contributed by atoms with van der Waals surface area (Å²) in [5, 5.41) is 12.5. The number of sulfonamides is 1. The molecule has 0 heterocycles. The number of hydrogen-bond acceptors (Lipinski definition) is 7. The number of phenolic OH excluding ortho intramolecular Hbond substituents is 1. The number of aromatic hydroxyl groups is 1. The topological polar surface area (TPSA) is 131 Å². The fraction of sp³-hybridized carbons (Fsp3) is 0.533. The molecule has 0 saturated heterocycles.